The Morgan fingerprint density at radius 2 is 1.84 bits per heavy atom. The average molecular weight is 501 g/mol. The summed E-state index contributed by atoms with van der Waals surface area (Å²) in [6, 6.07) is 15.3. The van der Waals surface area contributed by atoms with E-state index in [0.29, 0.717) is 34.7 Å². The molecule has 9 nitrogen and oxygen atoms in total. The Bertz CT molecular complexity index is 1440. The molecule has 0 saturated carbocycles. The van der Waals surface area contributed by atoms with Gasteiger partial charge in [-0.15, -0.1) is 0 Å². The molecular formula is C28H32N6O3. The Morgan fingerprint density at radius 3 is 2.51 bits per heavy atom. The molecule has 37 heavy (non-hydrogen) atoms. The fourth-order valence-corrected chi connectivity index (χ4v) is 4.10. The van der Waals surface area contributed by atoms with E-state index in [9.17, 15) is 9.59 Å². The van der Waals surface area contributed by atoms with E-state index in [-0.39, 0.29) is 6.54 Å². The van der Waals surface area contributed by atoms with E-state index in [1.165, 1.54) is 4.90 Å². The number of nitrogens with two attached hydrogens (primary N) is 1. The third-order valence-corrected chi connectivity index (χ3v) is 5.78. The Balaban J connectivity index is 1.75. The number of carbonyl (C=O) groups excluding carboxylic acids is 2. The smallest absolute Gasteiger partial charge is 0.410 e. The van der Waals surface area contributed by atoms with Gasteiger partial charge in [0.15, 0.2) is 5.82 Å². The number of amides is 2. The van der Waals surface area contributed by atoms with Crippen LogP contribution in [-0.4, -0.2) is 44.5 Å². The van der Waals surface area contributed by atoms with Crippen LogP contribution in [-0.2, 0) is 17.8 Å². The van der Waals surface area contributed by atoms with Crippen LogP contribution in [0.25, 0.3) is 22.3 Å². The van der Waals surface area contributed by atoms with Gasteiger partial charge in [-0.1, -0.05) is 36.4 Å². The molecular weight excluding hydrogens is 468 g/mol. The Kier molecular flexibility index (Phi) is 7.15. The number of hydrogen-bond donors (Lipinski definition) is 3. The molecule has 0 fully saturated rings. The minimum Gasteiger partial charge on any atom is -0.444 e. The number of H-pyrrole nitrogens is 1. The zero-order valence-electron chi connectivity index (χ0n) is 21.8. The van der Waals surface area contributed by atoms with Gasteiger partial charge in [0.05, 0.1) is 6.54 Å². The first-order valence-corrected chi connectivity index (χ1v) is 12.0. The zero-order valence-corrected chi connectivity index (χ0v) is 21.8. The van der Waals surface area contributed by atoms with Crippen molar-refractivity contribution in [2.75, 3.05) is 12.4 Å². The lowest BCUT2D eigenvalue weighted by molar-refractivity contribution is 0.0285. The van der Waals surface area contributed by atoms with Crippen molar-refractivity contribution in [2.24, 2.45) is 5.73 Å². The van der Waals surface area contributed by atoms with E-state index >= 15 is 0 Å². The van der Waals surface area contributed by atoms with Crippen molar-refractivity contribution in [3.63, 3.8) is 0 Å². The number of nitrogens with one attached hydrogen (secondary N) is 2. The number of aromatic amines is 1. The van der Waals surface area contributed by atoms with Crippen molar-refractivity contribution >= 4 is 28.7 Å². The number of rotatable bonds is 7. The summed E-state index contributed by atoms with van der Waals surface area (Å²) in [5.74, 6) is 0.495. The topological polar surface area (TPSA) is 126 Å². The summed E-state index contributed by atoms with van der Waals surface area (Å²) in [6.07, 6.45) is 1.26. The highest BCUT2D eigenvalue weighted by molar-refractivity contribution is 6.11. The van der Waals surface area contributed by atoms with E-state index in [1.807, 2.05) is 64.1 Å². The van der Waals surface area contributed by atoms with Crippen LogP contribution in [0, 0.1) is 6.92 Å². The van der Waals surface area contributed by atoms with Gasteiger partial charge in [-0.25, -0.2) is 14.8 Å². The van der Waals surface area contributed by atoms with Crippen LogP contribution >= 0.6 is 0 Å². The van der Waals surface area contributed by atoms with Gasteiger partial charge in [0.1, 0.15) is 11.4 Å². The predicted octanol–water partition coefficient (Wildman–Crippen LogP) is 5.01. The predicted molar refractivity (Wildman–Crippen MR) is 144 cm³/mol. The summed E-state index contributed by atoms with van der Waals surface area (Å²) in [5, 5.41) is 4.08. The maximum absolute atomic E-state index is 12.6. The highest BCUT2D eigenvalue weighted by Crippen LogP contribution is 2.33. The summed E-state index contributed by atoms with van der Waals surface area (Å²) in [6.45, 7) is 8.16. The molecule has 0 aliphatic heterocycles. The first kappa shape index (κ1) is 25.7. The summed E-state index contributed by atoms with van der Waals surface area (Å²) in [5.41, 5.74) is 9.57. The highest BCUT2D eigenvalue weighted by Gasteiger charge is 2.23. The van der Waals surface area contributed by atoms with Crippen molar-refractivity contribution < 1.29 is 14.3 Å². The van der Waals surface area contributed by atoms with Crippen LogP contribution in [0.3, 0.4) is 0 Å². The fraction of sp³-hybridized carbons (Fsp3) is 0.286. The molecule has 0 aliphatic carbocycles. The van der Waals surface area contributed by atoms with Gasteiger partial charge < -0.3 is 25.7 Å². The Morgan fingerprint density at radius 1 is 1.11 bits per heavy atom. The zero-order chi connectivity index (χ0) is 26.7. The number of carbonyl (C=O) groups is 2. The molecule has 192 valence electrons. The number of hydrogen-bond acceptors (Lipinski definition) is 6. The number of nitrogens with zero attached hydrogens (tertiary/aromatic N) is 3. The molecule has 0 bridgehead atoms. The molecule has 2 aromatic carbocycles. The second-order valence-corrected chi connectivity index (χ2v) is 9.96. The molecule has 0 saturated heterocycles. The molecule has 0 unspecified atom stereocenters. The second-order valence-electron chi connectivity index (χ2n) is 9.96. The molecule has 0 aliphatic rings. The van der Waals surface area contributed by atoms with Gasteiger partial charge in [-0.2, -0.15) is 0 Å². The SMILES string of the molecule is Cc1[nH]c2cccc(C(N)=O)c2c1-c1ncc(CN(C)C(=O)OC(C)(C)C)c(NCc2ccccc2)n1. The molecule has 2 amide bonds. The Labute approximate surface area is 216 Å². The third-order valence-electron chi connectivity index (χ3n) is 5.78. The van der Waals surface area contributed by atoms with E-state index < -0.39 is 17.6 Å². The minimum atomic E-state index is -0.606. The number of benzene rings is 2. The normalized spacial score (nSPS) is 11.4. The highest BCUT2D eigenvalue weighted by atomic mass is 16.6. The molecule has 9 heteroatoms. The first-order chi connectivity index (χ1) is 17.5. The van der Waals surface area contributed by atoms with Gasteiger partial charge >= 0.3 is 6.09 Å². The molecule has 0 spiro atoms. The lowest BCUT2D eigenvalue weighted by Gasteiger charge is -2.25. The summed E-state index contributed by atoms with van der Waals surface area (Å²) in [7, 11) is 1.67. The molecule has 0 atom stereocenters. The van der Waals surface area contributed by atoms with Crippen LogP contribution in [0.1, 0.15) is 48.0 Å². The van der Waals surface area contributed by atoms with Gasteiger partial charge in [-0.3, -0.25) is 4.79 Å². The fourth-order valence-electron chi connectivity index (χ4n) is 4.10. The molecule has 2 heterocycles. The van der Waals surface area contributed by atoms with E-state index in [4.69, 9.17) is 15.5 Å². The lowest BCUT2D eigenvalue weighted by Crippen LogP contribution is -2.34. The van der Waals surface area contributed by atoms with E-state index in [1.54, 1.807) is 25.4 Å². The van der Waals surface area contributed by atoms with Crippen molar-refractivity contribution in [2.45, 2.75) is 46.4 Å². The molecule has 4 aromatic rings. The largest absolute Gasteiger partial charge is 0.444 e. The molecule has 4 N–H and O–H groups in total. The van der Waals surface area contributed by atoms with E-state index in [0.717, 1.165) is 22.3 Å². The van der Waals surface area contributed by atoms with Crippen LogP contribution < -0.4 is 11.1 Å². The van der Waals surface area contributed by atoms with Crippen molar-refractivity contribution in [3.05, 3.63) is 77.1 Å². The second kappa shape index (κ2) is 10.3. The van der Waals surface area contributed by atoms with Gasteiger partial charge in [-0.05, 0) is 45.4 Å². The van der Waals surface area contributed by atoms with Crippen molar-refractivity contribution in [1.82, 2.24) is 19.9 Å². The maximum atomic E-state index is 12.6. The summed E-state index contributed by atoms with van der Waals surface area (Å²) < 4.78 is 5.50. The number of anilines is 1. The third kappa shape index (κ3) is 5.88. The van der Waals surface area contributed by atoms with Crippen LogP contribution in [0.5, 0.6) is 0 Å². The Hall–Kier alpha value is -4.40. The standard InChI is InChI=1S/C28H32N6O3/c1-17-22(23-20(24(29)35)12-9-13-21(23)32-17)26-31-15-19(16-34(5)27(36)37-28(2,3)4)25(33-26)30-14-18-10-7-6-8-11-18/h6-13,15,32H,14,16H2,1-5H3,(H2,29,35)(H,30,31,33). The number of ether oxygens (including phenoxy) is 1. The molecule has 2 aromatic heterocycles. The van der Waals surface area contributed by atoms with Gasteiger partial charge in [0.2, 0.25) is 5.91 Å². The maximum Gasteiger partial charge on any atom is 0.410 e. The van der Waals surface area contributed by atoms with Crippen LogP contribution in [0.2, 0.25) is 0 Å². The minimum absolute atomic E-state index is 0.242. The van der Waals surface area contributed by atoms with Crippen molar-refractivity contribution in [1.29, 1.82) is 0 Å². The van der Waals surface area contributed by atoms with Crippen LogP contribution in [0.4, 0.5) is 10.6 Å². The average Bonchev–Trinajstić information content (AvgIpc) is 3.18. The first-order valence-electron chi connectivity index (χ1n) is 12.0. The van der Waals surface area contributed by atoms with Gasteiger partial charge in [0, 0.05) is 53.1 Å². The van der Waals surface area contributed by atoms with Crippen LogP contribution in [0.15, 0.2) is 54.7 Å². The number of primary amides is 1. The summed E-state index contributed by atoms with van der Waals surface area (Å²) >= 11 is 0. The number of aromatic nitrogens is 3. The quantitative estimate of drug-likeness (QED) is 0.327. The van der Waals surface area contributed by atoms with Crippen molar-refractivity contribution in [3.8, 4) is 11.4 Å². The van der Waals surface area contributed by atoms with E-state index in [2.05, 4.69) is 15.3 Å². The monoisotopic (exact) mass is 500 g/mol. The number of fused-ring (bicyclic) bond motifs is 1. The lowest BCUT2D eigenvalue weighted by atomic mass is 10.0. The number of aryl methyl sites for hydroxylation is 1. The summed E-state index contributed by atoms with van der Waals surface area (Å²) in [4.78, 5) is 39.1. The molecule has 4 rings (SSSR count). The molecule has 0 radical (unpaired) electrons. The van der Waals surface area contributed by atoms with Gasteiger partial charge in [0.25, 0.3) is 0 Å².